The second-order valence-corrected chi connectivity index (χ2v) is 7.31. The Morgan fingerprint density at radius 2 is 1.59 bits per heavy atom. The summed E-state index contributed by atoms with van der Waals surface area (Å²) in [6.07, 6.45) is 0.0998. The summed E-state index contributed by atoms with van der Waals surface area (Å²) in [5.41, 5.74) is 7.67. The Balaban J connectivity index is 1.65. The Hall–Kier alpha value is -3.47. The van der Waals surface area contributed by atoms with Crippen LogP contribution >= 0.6 is 0 Å². The smallest absolute Gasteiger partial charge is 0.271 e. The van der Waals surface area contributed by atoms with E-state index in [0.717, 1.165) is 33.2 Å². The van der Waals surface area contributed by atoms with Gasteiger partial charge in [-0.05, 0) is 55.7 Å². The Morgan fingerprint density at radius 3 is 2.31 bits per heavy atom. The molecule has 0 aromatic heterocycles. The number of benzene rings is 3. The first kappa shape index (κ1) is 20.3. The van der Waals surface area contributed by atoms with Crippen LogP contribution in [0, 0.1) is 20.8 Å². The van der Waals surface area contributed by atoms with Gasteiger partial charge in [-0.3, -0.25) is 9.59 Å². The minimum atomic E-state index is -0.299. The molecule has 3 aromatic carbocycles. The first-order valence-corrected chi connectivity index (χ1v) is 9.54. The van der Waals surface area contributed by atoms with Gasteiger partial charge in [0, 0.05) is 17.0 Å². The lowest BCUT2D eigenvalue weighted by atomic mass is 10.0. The fourth-order valence-electron chi connectivity index (χ4n) is 3.46. The zero-order valence-corrected chi connectivity index (χ0v) is 17.2. The second-order valence-electron chi connectivity index (χ2n) is 7.31. The van der Waals surface area contributed by atoms with Gasteiger partial charge in [0.1, 0.15) is 0 Å². The van der Waals surface area contributed by atoms with Crippen LogP contribution in [0.4, 0.5) is 5.69 Å². The van der Waals surface area contributed by atoms with E-state index in [0.29, 0.717) is 11.3 Å². The summed E-state index contributed by atoms with van der Waals surface area (Å²) in [7, 11) is 0. The summed E-state index contributed by atoms with van der Waals surface area (Å²) in [5.74, 6) is -0.465. The summed E-state index contributed by atoms with van der Waals surface area (Å²) >= 11 is 0. The highest BCUT2D eigenvalue weighted by Crippen LogP contribution is 2.22. The first-order chi connectivity index (χ1) is 13.8. The van der Waals surface area contributed by atoms with Crippen molar-refractivity contribution in [1.82, 2.24) is 5.43 Å². The number of amides is 2. The van der Waals surface area contributed by atoms with Crippen LogP contribution in [-0.2, 0) is 4.79 Å². The second kappa shape index (κ2) is 8.69. The molecule has 0 heterocycles. The largest absolute Gasteiger partial charge is 0.325 e. The zero-order valence-electron chi connectivity index (χ0n) is 17.2. The standard InChI is InChI=1S/C24H25N3O2/c1-15-12-16(2)23(17(3)13-15)25-22(28)14-18(4)26-27-24(29)21-11-7-9-19-8-5-6-10-20(19)21/h5-13H,14H2,1-4H3,(H,25,28)(H,27,29)/b26-18+. The summed E-state index contributed by atoms with van der Waals surface area (Å²) in [6.45, 7) is 7.70. The highest BCUT2D eigenvalue weighted by Gasteiger charge is 2.11. The van der Waals surface area contributed by atoms with Crippen molar-refractivity contribution in [2.24, 2.45) is 5.10 Å². The van der Waals surface area contributed by atoms with Crippen LogP contribution in [0.2, 0.25) is 0 Å². The van der Waals surface area contributed by atoms with E-state index >= 15 is 0 Å². The van der Waals surface area contributed by atoms with Crippen molar-refractivity contribution in [3.05, 3.63) is 76.9 Å². The number of nitrogens with one attached hydrogen (secondary N) is 2. The van der Waals surface area contributed by atoms with Gasteiger partial charge in [-0.15, -0.1) is 0 Å². The lowest BCUT2D eigenvalue weighted by Crippen LogP contribution is -2.22. The predicted molar refractivity (Wildman–Crippen MR) is 118 cm³/mol. The SMILES string of the molecule is C/C(CC(=O)Nc1c(C)cc(C)cc1C)=N\NC(=O)c1cccc2ccccc12. The van der Waals surface area contributed by atoms with E-state index < -0.39 is 0 Å². The molecule has 0 spiro atoms. The van der Waals surface area contributed by atoms with Crippen molar-refractivity contribution in [2.75, 3.05) is 5.32 Å². The summed E-state index contributed by atoms with van der Waals surface area (Å²) < 4.78 is 0. The zero-order chi connectivity index (χ0) is 21.0. The Kier molecular flexibility index (Phi) is 6.07. The van der Waals surface area contributed by atoms with Gasteiger partial charge in [-0.1, -0.05) is 54.1 Å². The van der Waals surface area contributed by atoms with Crippen LogP contribution in [0.25, 0.3) is 10.8 Å². The fourth-order valence-corrected chi connectivity index (χ4v) is 3.46. The number of nitrogens with zero attached hydrogens (tertiary/aromatic N) is 1. The number of rotatable bonds is 5. The summed E-state index contributed by atoms with van der Waals surface area (Å²) in [4.78, 5) is 24.9. The molecule has 29 heavy (non-hydrogen) atoms. The maximum Gasteiger partial charge on any atom is 0.271 e. The van der Waals surface area contributed by atoms with E-state index in [1.54, 1.807) is 13.0 Å². The minimum Gasteiger partial charge on any atom is -0.325 e. The molecule has 3 rings (SSSR count). The average Bonchev–Trinajstić information content (AvgIpc) is 2.68. The molecule has 5 nitrogen and oxygen atoms in total. The molecule has 148 valence electrons. The molecule has 2 amide bonds. The minimum absolute atomic E-state index is 0.0998. The fraction of sp³-hybridized carbons (Fsp3) is 0.208. The molecule has 0 aliphatic carbocycles. The average molecular weight is 387 g/mol. The highest BCUT2D eigenvalue weighted by molar-refractivity contribution is 6.09. The molecule has 0 fully saturated rings. The van der Waals surface area contributed by atoms with Crippen molar-refractivity contribution >= 4 is 34.0 Å². The number of hydrogen-bond acceptors (Lipinski definition) is 3. The van der Waals surface area contributed by atoms with E-state index in [4.69, 9.17) is 0 Å². The maximum absolute atomic E-state index is 12.5. The van der Waals surface area contributed by atoms with E-state index in [1.807, 2.05) is 69.3 Å². The number of fused-ring (bicyclic) bond motifs is 1. The monoisotopic (exact) mass is 387 g/mol. The van der Waals surface area contributed by atoms with Gasteiger partial charge in [0.2, 0.25) is 5.91 Å². The predicted octanol–water partition coefficient (Wildman–Crippen LogP) is 4.90. The number of hydrogen-bond donors (Lipinski definition) is 2. The van der Waals surface area contributed by atoms with Crippen molar-refractivity contribution in [3.8, 4) is 0 Å². The number of carbonyl (C=O) groups is 2. The molecular formula is C24H25N3O2. The van der Waals surface area contributed by atoms with E-state index in [2.05, 4.69) is 15.8 Å². The number of carbonyl (C=O) groups excluding carboxylic acids is 2. The topological polar surface area (TPSA) is 70.6 Å². The summed E-state index contributed by atoms with van der Waals surface area (Å²) in [6, 6.07) is 17.3. The summed E-state index contributed by atoms with van der Waals surface area (Å²) in [5, 5.41) is 8.91. The molecule has 0 unspecified atom stereocenters. The Morgan fingerprint density at radius 1 is 0.931 bits per heavy atom. The molecule has 3 aromatic rings. The van der Waals surface area contributed by atoms with Crippen LogP contribution in [0.1, 0.15) is 40.4 Å². The molecule has 0 aliphatic heterocycles. The van der Waals surface area contributed by atoms with Gasteiger partial charge in [0.15, 0.2) is 0 Å². The molecule has 2 N–H and O–H groups in total. The normalized spacial score (nSPS) is 11.4. The van der Waals surface area contributed by atoms with E-state index in [-0.39, 0.29) is 18.2 Å². The number of aryl methyl sites for hydroxylation is 3. The van der Waals surface area contributed by atoms with Gasteiger partial charge in [-0.2, -0.15) is 5.10 Å². The molecular weight excluding hydrogens is 362 g/mol. The van der Waals surface area contributed by atoms with Crippen LogP contribution in [-0.4, -0.2) is 17.5 Å². The van der Waals surface area contributed by atoms with Crippen molar-refractivity contribution in [2.45, 2.75) is 34.1 Å². The molecule has 0 bridgehead atoms. The van der Waals surface area contributed by atoms with E-state index in [1.165, 1.54) is 0 Å². The van der Waals surface area contributed by atoms with Gasteiger partial charge < -0.3 is 5.32 Å². The maximum atomic E-state index is 12.5. The van der Waals surface area contributed by atoms with Crippen LogP contribution in [0.15, 0.2) is 59.7 Å². The van der Waals surface area contributed by atoms with Crippen LogP contribution < -0.4 is 10.7 Å². The lowest BCUT2D eigenvalue weighted by Gasteiger charge is -2.13. The highest BCUT2D eigenvalue weighted by atomic mass is 16.2. The van der Waals surface area contributed by atoms with Crippen molar-refractivity contribution in [3.63, 3.8) is 0 Å². The molecule has 0 radical (unpaired) electrons. The van der Waals surface area contributed by atoms with Gasteiger partial charge in [-0.25, -0.2) is 5.43 Å². The van der Waals surface area contributed by atoms with Crippen LogP contribution in [0.5, 0.6) is 0 Å². The third-order valence-electron chi connectivity index (χ3n) is 4.74. The van der Waals surface area contributed by atoms with E-state index in [9.17, 15) is 9.59 Å². The van der Waals surface area contributed by atoms with Crippen molar-refractivity contribution in [1.29, 1.82) is 0 Å². The molecule has 0 saturated heterocycles. The van der Waals surface area contributed by atoms with Gasteiger partial charge in [0.25, 0.3) is 5.91 Å². The molecule has 0 aliphatic rings. The number of hydrazone groups is 1. The number of anilines is 1. The van der Waals surface area contributed by atoms with Gasteiger partial charge in [0.05, 0.1) is 6.42 Å². The third kappa shape index (κ3) is 4.88. The quantitative estimate of drug-likeness (QED) is 0.483. The Bertz CT molecular complexity index is 1090. The third-order valence-corrected chi connectivity index (χ3v) is 4.74. The Labute approximate surface area is 170 Å². The molecule has 0 atom stereocenters. The molecule has 0 saturated carbocycles. The van der Waals surface area contributed by atoms with Crippen molar-refractivity contribution < 1.29 is 9.59 Å². The van der Waals surface area contributed by atoms with Gasteiger partial charge >= 0.3 is 0 Å². The lowest BCUT2D eigenvalue weighted by molar-refractivity contribution is -0.115. The van der Waals surface area contributed by atoms with Crippen LogP contribution in [0.3, 0.4) is 0 Å². The first-order valence-electron chi connectivity index (χ1n) is 9.54. The molecule has 5 heteroatoms.